The first-order valence-electron chi connectivity index (χ1n) is 10.5. The monoisotopic (exact) mass is 472 g/mol. The molecule has 1 atom stereocenters. The molecule has 0 aliphatic carbocycles. The predicted octanol–water partition coefficient (Wildman–Crippen LogP) is 7.75. The highest BCUT2D eigenvalue weighted by Gasteiger charge is 2.17. The summed E-state index contributed by atoms with van der Waals surface area (Å²) < 4.78 is 17.1. The van der Waals surface area contributed by atoms with Crippen LogP contribution in [-0.4, -0.2) is 14.6 Å². The number of fused-ring (bicyclic) bond motifs is 1. The van der Waals surface area contributed by atoms with E-state index in [1.54, 1.807) is 22.9 Å². The fraction of sp³-hybridized carbons (Fsp3) is 0.333. The number of hydrogen-bond acceptors (Lipinski definition) is 3. The zero-order valence-corrected chi connectivity index (χ0v) is 19.9. The molecule has 0 saturated carbocycles. The van der Waals surface area contributed by atoms with Gasteiger partial charge in [0.25, 0.3) is 0 Å². The molecule has 6 heteroatoms. The van der Waals surface area contributed by atoms with Gasteiger partial charge in [-0.1, -0.05) is 64.1 Å². The third-order valence-electron chi connectivity index (χ3n) is 4.57. The number of allylic oxidation sites excluding steroid dienone is 4. The van der Waals surface area contributed by atoms with Crippen LogP contribution in [-0.2, 0) is 0 Å². The average molecular weight is 473 g/mol. The lowest BCUT2D eigenvalue weighted by Crippen LogP contribution is -2.14. The summed E-state index contributed by atoms with van der Waals surface area (Å²) in [6.45, 7) is 9.86. The minimum absolute atomic E-state index is 0.104. The summed E-state index contributed by atoms with van der Waals surface area (Å²) in [5, 5.41) is 7.99. The lowest BCUT2D eigenvalue weighted by molar-refractivity contribution is 0.667. The summed E-state index contributed by atoms with van der Waals surface area (Å²) in [4.78, 5) is 4.64. The molecule has 30 heavy (non-hydrogen) atoms. The summed E-state index contributed by atoms with van der Waals surface area (Å²) in [7, 11) is 0. The third kappa shape index (κ3) is 5.36. The average Bonchev–Trinajstić information content (AvgIpc) is 3.15. The zero-order chi connectivity index (χ0) is 22.1. The van der Waals surface area contributed by atoms with Crippen LogP contribution in [0.2, 0.25) is 0 Å². The van der Waals surface area contributed by atoms with E-state index in [0.29, 0.717) is 23.3 Å². The number of halogens is 2. The number of aromatic nitrogens is 3. The number of benzene rings is 1. The second-order valence-electron chi connectivity index (χ2n) is 6.43. The van der Waals surface area contributed by atoms with Gasteiger partial charge >= 0.3 is 0 Å². The molecule has 1 N–H and O–H groups in total. The van der Waals surface area contributed by atoms with E-state index in [0.717, 1.165) is 16.7 Å². The van der Waals surface area contributed by atoms with E-state index in [-0.39, 0.29) is 11.9 Å². The minimum atomic E-state index is -0.265. The van der Waals surface area contributed by atoms with Crippen molar-refractivity contribution in [3.63, 3.8) is 0 Å². The highest BCUT2D eigenvalue weighted by molar-refractivity contribution is 9.10. The Labute approximate surface area is 187 Å². The smallest absolute Gasteiger partial charge is 0.172 e. The fourth-order valence-corrected chi connectivity index (χ4v) is 3.51. The van der Waals surface area contributed by atoms with Crippen LogP contribution in [0.1, 0.15) is 64.8 Å². The number of hydrogen-bond donors (Lipinski definition) is 1. The second-order valence-corrected chi connectivity index (χ2v) is 7.29. The van der Waals surface area contributed by atoms with E-state index >= 15 is 0 Å². The van der Waals surface area contributed by atoms with Gasteiger partial charge in [0.15, 0.2) is 5.65 Å². The van der Waals surface area contributed by atoms with Crippen molar-refractivity contribution in [3.05, 3.63) is 76.3 Å². The van der Waals surface area contributed by atoms with Gasteiger partial charge in [-0.25, -0.2) is 9.37 Å². The van der Waals surface area contributed by atoms with Gasteiger partial charge in [0, 0.05) is 11.6 Å². The summed E-state index contributed by atoms with van der Waals surface area (Å²) >= 11 is 3.50. The number of nitrogens with zero attached hydrogens (tertiary/aromatic N) is 3. The molecule has 0 saturated heterocycles. The molecule has 160 valence electrons. The van der Waals surface area contributed by atoms with Crippen LogP contribution in [0, 0.1) is 0 Å². The Hall–Kier alpha value is -2.47. The summed E-state index contributed by atoms with van der Waals surface area (Å²) in [5.74, 6) is 0.503. The Balaban J connectivity index is 0.00000155. The van der Waals surface area contributed by atoms with Gasteiger partial charge in [0.05, 0.1) is 22.4 Å². The molecule has 1 aromatic carbocycles. The van der Waals surface area contributed by atoms with Gasteiger partial charge in [-0.2, -0.15) is 9.61 Å². The number of rotatable bonds is 7. The van der Waals surface area contributed by atoms with Crippen molar-refractivity contribution >= 4 is 33.0 Å². The Kier molecular flexibility index (Phi) is 9.24. The molecule has 2 heterocycles. The maximum Gasteiger partial charge on any atom is 0.172 e. The molecule has 3 rings (SSSR count). The Morgan fingerprint density at radius 2 is 1.93 bits per heavy atom. The molecule has 3 aromatic rings. The first-order chi connectivity index (χ1) is 14.6. The molecule has 0 fully saturated rings. The Morgan fingerprint density at radius 3 is 2.53 bits per heavy atom. The Morgan fingerprint density at radius 1 is 1.23 bits per heavy atom. The maximum atomic E-state index is 14.6. The topological polar surface area (TPSA) is 42.2 Å². The number of nitrogens with one attached hydrogen (secondary N) is 1. The fourth-order valence-electron chi connectivity index (χ4n) is 3.16. The van der Waals surface area contributed by atoms with Crippen LogP contribution in [0.25, 0.3) is 11.2 Å². The van der Waals surface area contributed by atoms with Gasteiger partial charge in [0.2, 0.25) is 0 Å². The van der Waals surface area contributed by atoms with Crippen molar-refractivity contribution in [1.29, 1.82) is 0 Å². The molecule has 1 unspecified atom stereocenters. The SMILES string of the molecule is C/C=C(\C(F)=C/CC)c1cc(NC(CC)c2ccccc2)n2ncc(Br)c2n1.CC. The molecule has 0 radical (unpaired) electrons. The van der Waals surface area contributed by atoms with Crippen molar-refractivity contribution < 1.29 is 4.39 Å². The van der Waals surface area contributed by atoms with Crippen LogP contribution in [0.5, 0.6) is 0 Å². The second kappa shape index (κ2) is 11.6. The van der Waals surface area contributed by atoms with Gasteiger partial charge in [-0.05, 0) is 47.3 Å². The minimum Gasteiger partial charge on any atom is -0.363 e. The van der Waals surface area contributed by atoms with E-state index < -0.39 is 0 Å². The van der Waals surface area contributed by atoms with Crippen molar-refractivity contribution in [2.75, 3.05) is 5.32 Å². The van der Waals surface area contributed by atoms with Crippen LogP contribution in [0.15, 0.2) is 65.0 Å². The number of anilines is 1. The molecule has 0 spiro atoms. The zero-order valence-electron chi connectivity index (χ0n) is 18.3. The highest BCUT2D eigenvalue weighted by Crippen LogP contribution is 2.30. The summed E-state index contributed by atoms with van der Waals surface area (Å²) in [6.07, 6.45) is 6.54. The van der Waals surface area contributed by atoms with Crippen molar-refractivity contribution in [2.45, 2.75) is 53.5 Å². The molecular formula is C24H30BrFN4. The molecular weight excluding hydrogens is 443 g/mol. The van der Waals surface area contributed by atoms with E-state index in [1.165, 1.54) is 5.56 Å². The molecule has 0 bridgehead atoms. The largest absolute Gasteiger partial charge is 0.363 e. The molecule has 2 aromatic heterocycles. The lowest BCUT2D eigenvalue weighted by atomic mass is 10.0. The molecule has 0 amide bonds. The van der Waals surface area contributed by atoms with E-state index in [4.69, 9.17) is 0 Å². The van der Waals surface area contributed by atoms with Crippen LogP contribution >= 0.6 is 15.9 Å². The molecule has 0 aliphatic heterocycles. The molecule has 0 aliphatic rings. The van der Waals surface area contributed by atoms with Crippen molar-refractivity contribution in [1.82, 2.24) is 14.6 Å². The Bertz CT molecular complexity index is 1010. The standard InChI is InChI=1S/C22H24BrFN4.C2H6/c1-4-10-18(24)16(5-2)20-13-21(28-22(27-20)17(23)14-25-28)26-19(6-3)15-11-8-7-9-12-15;1-2/h5,7-14,19,26H,4,6H2,1-3H3;1-2H3/b16-5+,18-10+;. The highest BCUT2D eigenvalue weighted by atomic mass is 79.9. The maximum absolute atomic E-state index is 14.6. The van der Waals surface area contributed by atoms with Crippen LogP contribution < -0.4 is 5.32 Å². The van der Waals surface area contributed by atoms with Gasteiger partial charge in [0.1, 0.15) is 11.6 Å². The van der Waals surface area contributed by atoms with E-state index in [9.17, 15) is 4.39 Å². The van der Waals surface area contributed by atoms with Gasteiger partial charge < -0.3 is 5.32 Å². The van der Waals surface area contributed by atoms with Crippen molar-refractivity contribution in [3.8, 4) is 0 Å². The predicted molar refractivity (Wildman–Crippen MR) is 128 cm³/mol. The summed E-state index contributed by atoms with van der Waals surface area (Å²) in [6, 6.07) is 12.2. The molecule has 4 nitrogen and oxygen atoms in total. The lowest BCUT2D eigenvalue weighted by Gasteiger charge is -2.20. The van der Waals surface area contributed by atoms with Crippen molar-refractivity contribution in [2.24, 2.45) is 0 Å². The van der Waals surface area contributed by atoms with Gasteiger partial charge in [-0.3, -0.25) is 0 Å². The quantitative estimate of drug-likeness (QED) is 0.357. The first kappa shape index (κ1) is 23.8. The van der Waals surface area contributed by atoms with Gasteiger partial charge in [-0.15, -0.1) is 0 Å². The van der Waals surface area contributed by atoms with Crippen LogP contribution in [0.3, 0.4) is 0 Å². The first-order valence-corrected chi connectivity index (χ1v) is 11.3. The van der Waals surface area contributed by atoms with Crippen LogP contribution in [0.4, 0.5) is 10.2 Å². The normalized spacial score (nSPS) is 13.0. The third-order valence-corrected chi connectivity index (χ3v) is 5.13. The summed E-state index contributed by atoms with van der Waals surface area (Å²) in [5.41, 5.74) is 2.88. The van der Waals surface area contributed by atoms with E-state index in [1.807, 2.05) is 52.0 Å². The van der Waals surface area contributed by atoms with E-state index in [2.05, 4.69) is 50.4 Å².